The van der Waals surface area contributed by atoms with Crippen LogP contribution in [0.4, 0.5) is 0 Å². The highest BCUT2D eigenvalue weighted by atomic mass is 35.5. The zero-order valence-corrected chi connectivity index (χ0v) is 10.7. The highest BCUT2D eigenvalue weighted by Crippen LogP contribution is 2.19. The summed E-state index contributed by atoms with van der Waals surface area (Å²) in [4.78, 5) is 8.40. The van der Waals surface area contributed by atoms with Crippen LogP contribution in [0, 0.1) is 0 Å². The minimum Gasteiger partial charge on any atom is -0.506 e. The summed E-state index contributed by atoms with van der Waals surface area (Å²) in [7, 11) is 0. The first-order chi connectivity index (χ1) is 8.66. The van der Waals surface area contributed by atoms with E-state index in [1.165, 1.54) is 0 Å². The first kappa shape index (κ1) is 12.6. The quantitative estimate of drug-likeness (QED) is 0.857. The molecule has 0 amide bonds. The number of benzene rings is 1. The summed E-state index contributed by atoms with van der Waals surface area (Å²) in [5.74, 6) is 0.129. The molecular formula is C14H13ClN2O. The monoisotopic (exact) mass is 260 g/mol. The number of hydrogen-bond acceptors (Lipinski definition) is 3. The number of halogens is 1. The highest BCUT2D eigenvalue weighted by molar-refractivity contribution is 6.30. The van der Waals surface area contributed by atoms with Crippen molar-refractivity contribution in [1.29, 1.82) is 0 Å². The minimum absolute atomic E-state index is 0.0105. The van der Waals surface area contributed by atoms with E-state index in [1.807, 2.05) is 31.2 Å². The van der Waals surface area contributed by atoms with Gasteiger partial charge in [-0.05, 0) is 36.8 Å². The molecule has 4 heteroatoms. The predicted molar refractivity (Wildman–Crippen MR) is 73.4 cm³/mol. The van der Waals surface area contributed by atoms with Gasteiger partial charge in [-0.3, -0.25) is 9.98 Å². The van der Waals surface area contributed by atoms with E-state index in [4.69, 9.17) is 11.6 Å². The van der Waals surface area contributed by atoms with Crippen molar-refractivity contribution in [3.8, 4) is 5.75 Å². The van der Waals surface area contributed by atoms with Crippen molar-refractivity contribution in [3.05, 3.63) is 58.9 Å². The van der Waals surface area contributed by atoms with Crippen LogP contribution in [0.3, 0.4) is 0 Å². The lowest BCUT2D eigenvalue weighted by Gasteiger charge is -2.06. The van der Waals surface area contributed by atoms with E-state index in [2.05, 4.69) is 9.98 Å². The fourth-order valence-electron chi connectivity index (χ4n) is 1.52. The largest absolute Gasteiger partial charge is 0.506 e. The van der Waals surface area contributed by atoms with Gasteiger partial charge >= 0.3 is 0 Å². The maximum atomic E-state index is 9.56. The van der Waals surface area contributed by atoms with Crippen molar-refractivity contribution in [2.45, 2.75) is 13.0 Å². The van der Waals surface area contributed by atoms with Gasteiger partial charge in [0.1, 0.15) is 11.4 Å². The van der Waals surface area contributed by atoms with Crippen LogP contribution in [0.5, 0.6) is 5.75 Å². The van der Waals surface area contributed by atoms with E-state index in [9.17, 15) is 5.11 Å². The summed E-state index contributed by atoms with van der Waals surface area (Å²) in [6.45, 7) is 1.97. The molecule has 3 nitrogen and oxygen atoms in total. The molecular weight excluding hydrogens is 248 g/mol. The molecule has 1 N–H and O–H groups in total. The molecule has 92 valence electrons. The summed E-state index contributed by atoms with van der Waals surface area (Å²) in [5, 5.41) is 10.3. The number of aromatic nitrogens is 1. The molecule has 2 rings (SSSR count). The molecule has 1 aromatic carbocycles. The summed E-state index contributed by atoms with van der Waals surface area (Å²) >= 11 is 5.83. The van der Waals surface area contributed by atoms with Crippen molar-refractivity contribution >= 4 is 17.8 Å². The second kappa shape index (κ2) is 5.65. The van der Waals surface area contributed by atoms with Gasteiger partial charge in [-0.25, -0.2) is 0 Å². The smallest absolute Gasteiger partial charge is 0.142 e. The molecule has 2 aromatic rings. The molecule has 1 atom stereocenters. The van der Waals surface area contributed by atoms with Gasteiger partial charge in [0, 0.05) is 11.2 Å². The van der Waals surface area contributed by atoms with Crippen LogP contribution in [-0.4, -0.2) is 16.3 Å². The molecule has 0 saturated carbocycles. The van der Waals surface area contributed by atoms with Gasteiger partial charge in [0.05, 0.1) is 12.3 Å². The van der Waals surface area contributed by atoms with Crippen LogP contribution >= 0.6 is 11.6 Å². The Balaban J connectivity index is 2.14. The number of pyridine rings is 1. The molecule has 0 aliphatic heterocycles. The molecule has 0 fully saturated rings. The topological polar surface area (TPSA) is 45.5 Å². The number of nitrogens with zero attached hydrogens (tertiary/aromatic N) is 2. The number of aliphatic imine (C=N–C) groups is 1. The SMILES string of the molecule is CC(N=Cc1ncccc1O)c1ccc(Cl)cc1. The minimum atomic E-state index is -0.0105. The van der Waals surface area contributed by atoms with Crippen LogP contribution < -0.4 is 0 Å². The Morgan fingerprint density at radius 2 is 2.00 bits per heavy atom. The lowest BCUT2D eigenvalue weighted by Crippen LogP contribution is -1.93. The third-order valence-electron chi connectivity index (χ3n) is 2.59. The van der Waals surface area contributed by atoms with E-state index in [0.717, 1.165) is 5.56 Å². The van der Waals surface area contributed by atoms with E-state index in [0.29, 0.717) is 10.7 Å². The molecule has 1 aromatic heterocycles. The Hall–Kier alpha value is -1.87. The van der Waals surface area contributed by atoms with E-state index in [-0.39, 0.29) is 11.8 Å². The normalized spacial score (nSPS) is 12.8. The second-order valence-corrected chi connectivity index (χ2v) is 4.35. The third kappa shape index (κ3) is 3.08. The molecule has 1 heterocycles. The summed E-state index contributed by atoms with van der Waals surface area (Å²) in [6, 6.07) is 10.8. The first-order valence-electron chi connectivity index (χ1n) is 5.59. The number of rotatable bonds is 3. The summed E-state index contributed by atoms with van der Waals surface area (Å²) < 4.78 is 0. The van der Waals surface area contributed by atoms with Crippen LogP contribution in [0.25, 0.3) is 0 Å². The average molecular weight is 261 g/mol. The molecule has 0 aliphatic rings. The van der Waals surface area contributed by atoms with Gasteiger partial charge in [-0.2, -0.15) is 0 Å². The van der Waals surface area contributed by atoms with Crippen molar-refractivity contribution in [2.75, 3.05) is 0 Å². The zero-order valence-electron chi connectivity index (χ0n) is 9.92. The molecule has 0 saturated heterocycles. The fraction of sp³-hybridized carbons (Fsp3) is 0.143. The van der Waals surface area contributed by atoms with E-state index in [1.54, 1.807) is 24.5 Å². The zero-order chi connectivity index (χ0) is 13.0. The van der Waals surface area contributed by atoms with Gasteiger partial charge < -0.3 is 5.11 Å². The lowest BCUT2D eigenvalue weighted by molar-refractivity contribution is 0.471. The standard InChI is InChI=1S/C14H13ClN2O/c1-10(11-4-6-12(15)7-5-11)17-9-13-14(18)3-2-8-16-13/h2-10,18H,1H3. The van der Waals surface area contributed by atoms with Crippen LogP contribution in [0.1, 0.15) is 24.2 Å². The molecule has 0 aliphatic carbocycles. The maximum Gasteiger partial charge on any atom is 0.142 e. The Kier molecular flexibility index (Phi) is 3.95. The highest BCUT2D eigenvalue weighted by Gasteiger charge is 2.03. The van der Waals surface area contributed by atoms with Gasteiger partial charge in [0.2, 0.25) is 0 Å². The number of hydrogen-bond donors (Lipinski definition) is 1. The van der Waals surface area contributed by atoms with Crippen LogP contribution in [0.2, 0.25) is 5.02 Å². The molecule has 0 spiro atoms. The molecule has 1 unspecified atom stereocenters. The van der Waals surface area contributed by atoms with Gasteiger partial charge in [-0.1, -0.05) is 23.7 Å². The van der Waals surface area contributed by atoms with E-state index < -0.39 is 0 Å². The Morgan fingerprint density at radius 1 is 1.28 bits per heavy atom. The van der Waals surface area contributed by atoms with Crippen molar-refractivity contribution in [2.24, 2.45) is 4.99 Å². The molecule has 0 bridgehead atoms. The Morgan fingerprint density at radius 3 is 2.67 bits per heavy atom. The van der Waals surface area contributed by atoms with Crippen LogP contribution in [-0.2, 0) is 0 Å². The van der Waals surface area contributed by atoms with Crippen molar-refractivity contribution < 1.29 is 5.11 Å². The van der Waals surface area contributed by atoms with Gasteiger partial charge in [-0.15, -0.1) is 0 Å². The maximum absolute atomic E-state index is 9.56. The van der Waals surface area contributed by atoms with Crippen molar-refractivity contribution in [3.63, 3.8) is 0 Å². The first-order valence-corrected chi connectivity index (χ1v) is 5.97. The van der Waals surface area contributed by atoms with Crippen molar-refractivity contribution in [1.82, 2.24) is 4.98 Å². The lowest BCUT2D eigenvalue weighted by atomic mass is 10.1. The third-order valence-corrected chi connectivity index (χ3v) is 2.84. The summed E-state index contributed by atoms with van der Waals surface area (Å²) in [5.41, 5.74) is 1.53. The second-order valence-electron chi connectivity index (χ2n) is 3.91. The molecule has 0 radical (unpaired) electrons. The Bertz CT molecular complexity index is 552. The molecule has 18 heavy (non-hydrogen) atoms. The Labute approximate surface area is 111 Å². The summed E-state index contributed by atoms with van der Waals surface area (Å²) in [6.07, 6.45) is 3.20. The van der Waals surface area contributed by atoms with Gasteiger partial charge in [0.25, 0.3) is 0 Å². The van der Waals surface area contributed by atoms with Gasteiger partial charge in [0.15, 0.2) is 0 Å². The number of aromatic hydroxyl groups is 1. The fourth-order valence-corrected chi connectivity index (χ4v) is 1.64. The van der Waals surface area contributed by atoms with E-state index >= 15 is 0 Å². The predicted octanol–water partition coefficient (Wildman–Crippen LogP) is 3.62. The average Bonchev–Trinajstić information content (AvgIpc) is 2.38. The van der Waals surface area contributed by atoms with Crippen LogP contribution in [0.15, 0.2) is 47.6 Å².